The zero-order valence-corrected chi connectivity index (χ0v) is 18.5. The van der Waals surface area contributed by atoms with E-state index in [0.29, 0.717) is 11.4 Å². The Morgan fingerprint density at radius 1 is 1.09 bits per heavy atom. The van der Waals surface area contributed by atoms with Crippen LogP contribution in [0, 0.1) is 5.92 Å². The van der Waals surface area contributed by atoms with E-state index in [9.17, 15) is 21.6 Å². The predicted octanol–water partition coefficient (Wildman–Crippen LogP) is 4.64. The maximum atomic E-state index is 13.1. The van der Waals surface area contributed by atoms with Crippen molar-refractivity contribution >= 4 is 16.0 Å². The lowest BCUT2D eigenvalue weighted by molar-refractivity contribution is -0.182. The Balaban J connectivity index is 1.62. The van der Waals surface area contributed by atoms with Gasteiger partial charge >= 0.3 is 6.18 Å². The minimum atomic E-state index is -4.22. The molecular formula is C21H22F3N5O3S. The Hall–Kier alpha value is -3.15. The molecule has 12 heteroatoms. The molecule has 2 aromatic heterocycles. The summed E-state index contributed by atoms with van der Waals surface area (Å²) in [6.07, 6.45) is -1.17. The molecule has 0 aliphatic heterocycles. The molecule has 3 aromatic rings. The molecule has 4 rings (SSSR count). The fourth-order valence-electron chi connectivity index (χ4n) is 3.79. The van der Waals surface area contributed by atoms with E-state index in [1.54, 1.807) is 37.4 Å². The molecule has 0 bridgehead atoms. The van der Waals surface area contributed by atoms with Crippen LogP contribution in [0.3, 0.4) is 0 Å². The van der Waals surface area contributed by atoms with Crippen molar-refractivity contribution in [2.24, 2.45) is 13.0 Å². The Labute approximate surface area is 188 Å². The zero-order chi connectivity index (χ0) is 23.6. The van der Waals surface area contributed by atoms with Crippen LogP contribution in [0.25, 0.3) is 0 Å². The first-order valence-electron chi connectivity index (χ1n) is 10.3. The first kappa shape index (κ1) is 23.0. The maximum absolute atomic E-state index is 13.1. The molecule has 8 nitrogen and oxygen atoms in total. The van der Waals surface area contributed by atoms with Gasteiger partial charge in [0.05, 0.1) is 17.8 Å². The van der Waals surface area contributed by atoms with E-state index < -0.39 is 22.1 Å². The summed E-state index contributed by atoms with van der Waals surface area (Å²) in [6, 6.07) is 10.3. The average Bonchev–Trinajstić information content (AvgIpc) is 3.21. The van der Waals surface area contributed by atoms with Crippen molar-refractivity contribution in [2.45, 2.75) is 42.7 Å². The molecule has 176 valence electrons. The van der Waals surface area contributed by atoms with Crippen LogP contribution in [0.4, 0.5) is 19.1 Å². The number of nitrogens with zero attached hydrogens (tertiary/aromatic N) is 4. The lowest BCUT2D eigenvalue weighted by Gasteiger charge is -2.29. The number of ether oxygens (including phenoxy) is 1. The number of benzene rings is 1. The first-order valence-corrected chi connectivity index (χ1v) is 11.8. The molecule has 2 heterocycles. The minimum Gasteiger partial charge on any atom is -0.439 e. The van der Waals surface area contributed by atoms with E-state index in [-0.39, 0.29) is 48.3 Å². The molecule has 0 saturated heterocycles. The van der Waals surface area contributed by atoms with E-state index in [4.69, 9.17) is 4.74 Å². The standard InChI is InChI=1S/C21H22F3N5O3S/c1-29-13-17(12-25-29)33(30,31)28-20-26-18(14-7-9-15(10-8-14)21(22,23)24)11-19(27-20)32-16-5-3-2-4-6-16/h2-6,11-15H,7-10H2,1H3,(H,26,27,28). The molecular weight excluding hydrogens is 459 g/mol. The van der Waals surface area contributed by atoms with Crippen molar-refractivity contribution in [3.05, 3.63) is 54.5 Å². The van der Waals surface area contributed by atoms with Crippen LogP contribution in [0.1, 0.15) is 37.3 Å². The van der Waals surface area contributed by atoms with Gasteiger partial charge in [0.1, 0.15) is 10.6 Å². The number of aryl methyl sites for hydroxylation is 1. The predicted molar refractivity (Wildman–Crippen MR) is 113 cm³/mol. The first-order chi connectivity index (χ1) is 15.6. The Morgan fingerprint density at radius 3 is 2.39 bits per heavy atom. The van der Waals surface area contributed by atoms with Gasteiger partial charge in [0, 0.05) is 25.2 Å². The van der Waals surface area contributed by atoms with Gasteiger partial charge in [-0.05, 0) is 37.8 Å². The van der Waals surface area contributed by atoms with Crippen molar-refractivity contribution in [1.29, 1.82) is 0 Å². The van der Waals surface area contributed by atoms with E-state index in [1.165, 1.54) is 17.1 Å². The van der Waals surface area contributed by atoms with Crippen molar-refractivity contribution in [2.75, 3.05) is 4.72 Å². The number of nitrogens with one attached hydrogen (secondary N) is 1. The molecule has 0 unspecified atom stereocenters. The third-order valence-corrected chi connectivity index (χ3v) is 6.80. The Kier molecular flexibility index (Phi) is 6.28. The maximum Gasteiger partial charge on any atom is 0.391 e. The highest BCUT2D eigenvalue weighted by Gasteiger charge is 2.42. The minimum absolute atomic E-state index is 0.0101. The second kappa shape index (κ2) is 9.00. The van der Waals surface area contributed by atoms with Crippen LogP contribution in [0.2, 0.25) is 0 Å². The molecule has 1 aromatic carbocycles. The molecule has 1 N–H and O–H groups in total. The summed E-state index contributed by atoms with van der Waals surface area (Å²) in [5, 5.41) is 3.86. The average molecular weight is 482 g/mol. The van der Waals surface area contributed by atoms with E-state index >= 15 is 0 Å². The fraction of sp³-hybridized carbons (Fsp3) is 0.381. The largest absolute Gasteiger partial charge is 0.439 e. The number of hydrogen-bond donors (Lipinski definition) is 1. The summed E-state index contributed by atoms with van der Waals surface area (Å²) in [6.45, 7) is 0. The number of rotatable bonds is 6. The lowest BCUT2D eigenvalue weighted by atomic mass is 9.80. The zero-order valence-electron chi connectivity index (χ0n) is 17.7. The molecule has 33 heavy (non-hydrogen) atoms. The van der Waals surface area contributed by atoms with Gasteiger partial charge in [0.15, 0.2) is 0 Å². The molecule has 1 aliphatic carbocycles. The van der Waals surface area contributed by atoms with Crippen LogP contribution in [-0.4, -0.2) is 34.3 Å². The summed E-state index contributed by atoms with van der Waals surface area (Å²) in [7, 11) is -2.44. The molecule has 1 fully saturated rings. The molecule has 1 aliphatic rings. The van der Waals surface area contributed by atoms with Crippen molar-refractivity contribution in [3.8, 4) is 11.6 Å². The molecule has 1 saturated carbocycles. The van der Waals surface area contributed by atoms with Gasteiger partial charge in [-0.25, -0.2) is 18.1 Å². The number of alkyl halides is 3. The fourth-order valence-corrected chi connectivity index (χ4v) is 4.72. The van der Waals surface area contributed by atoms with E-state index in [0.717, 1.165) is 0 Å². The normalized spacial score (nSPS) is 19.3. The number of para-hydroxylation sites is 1. The number of anilines is 1. The van der Waals surface area contributed by atoms with Gasteiger partial charge < -0.3 is 4.74 Å². The highest BCUT2D eigenvalue weighted by molar-refractivity contribution is 7.92. The van der Waals surface area contributed by atoms with Crippen LogP contribution in [0.15, 0.2) is 53.7 Å². The third-order valence-electron chi connectivity index (χ3n) is 5.51. The number of sulfonamides is 1. The van der Waals surface area contributed by atoms with E-state index in [2.05, 4.69) is 19.8 Å². The second-order valence-corrected chi connectivity index (χ2v) is 9.60. The Bertz CT molecular complexity index is 1210. The summed E-state index contributed by atoms with van der Waals surface area (Å²) in [5.74, 6) is -1.26. The monoisotopic (exact) mass is 481 g/mol. The van der Waals surface area contributed by atoms with Crippen LogP contribution in [-0.2, 0) is 17.1 Å². The smallest absolute Gasteiger partial charge is 0.391 e. The van der Waals surface area contributed by atoms with Gasteiger partial charge in [0.2, 0.25) is 11.8 Å². The molecule has 0 radical (unpaired) electrons. The van der Waals surface area contributed by atoms with Crippen molar-refractivity contribution in [1.82, 2.24) is 19.7 Å². The van der Waals surface area contributed by atoms with Crippen LogP contribution in [0.5, 0.6) is 11.6 Å². The highest BCUT2D eigenvalue weighted by Crippen LogP contribution is 2.43. The van der Waals surface area contributed by atoms with Crippen LogP contribution < -0.4 is 9.46 Å². The summed E-state index contributed by atoms with van der Waals surface area (Å²) >= 11 is 0. The molecule has 0 amide bonds. The second-order valence-electron chi connectivity index (χ2n) is 7.92. The van der Waals surface area contributed by atoms with Gasteiger partial charge in [-0.1, -0.05) is 18.2 Å². The van der Waals surface area contributed by atoms with Crippen LogP contribution >= 0.6 is 0 Å². The third kappa shape index (κ3) is 5.62. The quantitative estimate of drug-likeness (QED) is 0.551. The van der Waals surface area contributed by atoms with Gasteiger partial charge in [-0.2, -0.15) is 23.3 Å². The highest BCUT2D eigenvalue weighted by atomic mass is 32.2. The number of aromatic nitrogens is 4. The van der Waals surface area contributed by atoms with Gasteiger partial charge in [-0.15, -0.1) is 0 Å². The topological polar surface area (TPSA) is 99.0 Å². The van der Waals surface area contributed by atoms with Crippen molar-refractivity contribution in [3.63, 3.8) is 0 Å². The SMILES string of the molecule is Cn1cc(S(=O)(=O)Nc2nc(Oc3ccccc3)cc(C3CCC(C(F)(F)F)CC3)n2)cn1. The molecule has 0 atom stereocenters. The Morgan fingerprint density at radius 2 is 1.79 bits per heavy atom. The molecule has 0 spiro atoms. The van der Waals surface area contributed by atoms with Crippen molar-refractivity contribution < 1.29 is 26.3 Å². The van der Waals surface area contributed by atoms with E-state index in [1.807, 2.05) is 6.07 Å². The summed E-state index contributed by atoms with van der Waals surface area (Å²) < 4.78 is 74.0. The summed E-state index contributed by atoms with van der Waals surface area (Å²) in [4.78, 5) is 8.40. The summed E-state index contributed by atoms with van der Waals surface area (Å²) in [5.41, 5.74) is 0.431. The number of halogens is 3. The number of hydrogen-bond acceptors (Lipinski definition) is 6. The lowest BCUT2D eigenvalue weighted by Crippen LogP contribution is -2.27. The van der Waals surface area contributed by atoms with Gasteiger partial charge in [-0.3, -0.25) is 4.68 Å². The van der Waals surface area contributed by atoms with Gasteiger partial charge in [0.25, 0.3) is 10.0 Å².